The number of nitrogens with two attached hydrogens (primary N) is 1. The predicted molar refractivity (Wildman–Crippen MR) is 93.1 cm³/mol. The van der Waals surface area contributed by atoms with Gasteiger partial charge in [0.05, 0.1) is 0 Å². The number of nitrogens with one attached hydrogen (secondary N) is 1. The molecule has 2 aromatic carbocycles. The third kappa shape index (κ3) is 2.59. The van der Waals surface area contributed by atoms with Gasteiger partial charge in [0, 0.05) is 44.7 Å². The van der Waals surface area contributed by atoms with Gasteiger partial charge in [-0.1, -0.05) is 15.9 Å². The van der Waals surface area contributed by atoms with Crippen molar-refractivity contribution < 1.29 is 0 Å². The van der Waals surface area contributed by atoms with Gasteiger partial charge in [0.15, 0.2) is 0 Å². The molecule has 21 heavy (non-hydrogen) atoms. The van der Waals surface area contributed by atoms with Gasteiger partial charge in [-0.3, -0.25) is 4.98 Å². The molecule has 0 saturated carbocycles. The Kier molecular flexibility index (Phi) is 3.55. The highest BCUT2D eigenvalue weighted by molar-refractivity contribution is 9.10. The van der Waals surface area contributed by atoms with Gasteiger partial charge in [0.2, 0.25) is 0 Å². The Labute approximate surface area is 132 Å². The molecule has 3 aromatic rings. The quantitative estimate of drug-likeness (QED) is 0.649. The van der Waals surface area contributed by atoms with Gasteiger partial charge in [0.25, 0.3) is 0 Å². The second-order valence-corrected chi connectivity index (χ2v) is 5.97. The molecule has 1 heterocycles. The Balaban J connectivity index is 2.09. The van der Waals surface area contributed by atoms with E-state index in [1.54, 1.807) is 6.20 Å². The highest BCUT2D eigenvalue weighted by atomic mass is 79.9. The highest BCUT2D eigenvalue weighted by Crippen LogP contribution is 2.32. The molecule has 0 saturated heterocycles. The van der Waals surface area contributed by atoms with E-state index in [1.165, 1.54) is 11.1 Å². The van der Waals surface area contributed by atoms with Crippen LogP contribution >= 0.6 is 15.9 Å². The minimum Gasteiger partial charge on any atom is -0.398 e. The number of halogens is 1. The van der Waals surface area contributed by atoms with Gasteiger partial charge in [-0.2, -0.15) is 0 Å². The lowest BCUT2D eigenvalue weighted by Crippen LogP contribution is -1.96. The zero-order valence-electron chi connectivity index (χ0n) is 11.9. The minimum atomic E-state index is 0.765. The first-order chi connectivity index (χ1) is 10.1. The Morgan fingerprint density at radius 1 is 1.05 bits per heavy atom. The van der Waals surface area contributed by atoms with Crippen LogP contribution in [0.15, 0.2) is 47.2 Å². The smallest absolute Gasteiger partial charge is 0.0481 e. The van der Waals surface area contributed by atoms with Crippen molar-refractivity contribution in [2.45, 2.75) is 13.8 Å². The van der Waals surface area contributed by atoms with Gasteiger partial charge < -0.3 is 11.1 Å². The first-order valence-electron chi connectivity index (χ1n) is 6.72. The molecule has 3 rings (SSSR count). The van der Waals surface area contributed by atoms with Crippen molar-refractivity contribution >= 4 is 43.8 Å². The highest BCUT2D eigenvalue weighted by Gasteiger charge is 2.07. The number of hydrogen-bond donors (Lipinski definition) is 2. The van der Waals surface area contributed by atoms with E-state index in [4.69, 9.17) is 5.73 Å². The first-order valence-corrected chi connectivity index (χ1v) is 7.51. The third-order valence-electron chi connectivity index (χ3n) is 3.57. The number of pyridine rings is 1. The fourth-order valence-corrected chi connectivity index (χ4v) is 2.72. The zero-order valence-corrected chi connectivity index (χ0v) is 13.5. The van der Waals surface area contributed by atoms with E-state index in [0.717, 1.165) is 32.3 Å². The van der Waals surface area contributed by atoms with E-state index in [1.807, 2.05) is 24.4 Å². The lowest BCUT2D eigenvalue weighted by atomic mass is 10.1. The van der Waals surface area contributed by atoms with Crippen molar-refractivity contribution in [3.63, 3.8) is 0 Å². The van der Waals surface area contributed by atoms with E-state index in [0.29, 0.717) is 0 Å². The van der Waals surface area contributed by atoms with Crippen molar-refractivity contribution in [1.82, 2.24) is 4.98 Å². The van der Waals surface area contributed by atoms with Crippen LogP contribution in [-0.4, -0.2) is 4.98 Å². The number of benzene rings is 2. The molecule has 0 spiro atoms. The number of anilines is 3. The maximum atomic E-state index is 6.02. The van der Waals surface area contributed by atoms with Crippen LogP contribution in [0, 0.1) is 13.8 Å². The van der Waals surface area contributed by atoms with Crippen LogP contribution in [0.3, 0.4) is 0 Å². The Morgan fingerprint density at radius 3 is 2.48 bits per heavy atom. The molecule has 0 aliphatic rings. The standard InChI is InChI=1S/C17H16BrN3/c1-10-7-12(8-11(2)17(10)18)21-16-4-3-15(19)13-5-6-20-9-14(13)16/h3-9,21H,19H2,1-2H3. The van der Waals surface area contributed by atoms with E-state index in [2.05, 4.69) is 52.2 Å². The van der Waals surface area contributed by atoms with E-state index in [-0.39, 0.29) is 0 Å². The molecule has 0 atom stereocenters. The van der Waals surface area contributed by atoms with Crippen LogP contribution in [0.1, 0.15) is 11.1 Å². The molecule has 4 heteroatoms. The second kappa shape index (κ2) is 5.37. The number of nitrogen functional groups attached to an aromatic ring is 1. The largest absolute Gasteiger partial charge is 0.398 e. The Bertz CT molecular complexity index is 804. The molecule has 0 unspecified atom stereocenters. The molecule has 0 bridgehead atoms. The number of rotatable bonds is 2. The number of aryl methyl sites for hydroxylation is 2. The fourth-order valence-electron chi connectivity index (χ4n) is 2.50. The lowest BCUT2D eigenvalue weighted by molar-refractivity contribution is 1.33. The van der Waals surface area contributed by atoms with Crippen molar-refractivity contribution in [1.29, 1.82) is 0 Å². The van der Waals surface area contributed by atoms with Crippen molar-refractivity contribution in [3.8, 4) is 0 Å². The SMILES string of the molecule is Cc1cc(Nc2ccc(N)c3ccncc23)cc(C)c1Br. The van der Waals surface area contributed by atoms with Gasteiger partial charge in [0.1, 0.15) is 0 Å². The summed E-state index contributed by atoms with van der Waals surface area (Å²) >= 11 is 3.59. The molecular weight excluding hydrogens is 326 g/mol. The summed E-state index contributed by atoms with van der Waals surface area (Å²) in [5.74, 6) is 0. The summed E-state index contributed by atoms with van der Waals surface area (Å²) in [6.45, 7) is 4.18. The molecule has 0 fully saturated rings. The summed E-state index contributed by atoms with van der Waals surface area (Å²) in [5.41, 5.74) is 11.3. The maximum Gasteiger partial charge on any atom is 0.0481 e. The van der Waals surface area contributed by atoms with Crippen molar-refractivity contribution in [2.75, 3.05) is 11.1 Å². The summed E-state index contributed by atoms with van der Waals surface area (Å²) < 4.78 is 1.15. The van der Waals surface area contributed by atoms with Crippen LogP contribution in [-0.2, 0) is 0 Å². The van der Waals surface area contributed by atoms with E-state index < -0.39 is 0 Å². The number of fused-ring (bicyclic) bond motifs is 1. The third-order valence-corrected chi connectivity index (χ3v) is 4.82. The average molecular weight is 342 g/mol. The molecule has 0 radical (unpaired) electrons. The van der Waals surface area contributed by atoms with Gasteiger partial charge >= 0.3 is 0 Å². The number of nitrogens with zero attached hydrogens (tertiary/aromatic N) is 1. The first kappa shape index (κ1) is 13.9. The number of aromatic nitrogens is 1. The topological polar surface area (TPSA) is 50.9 Å². The second-order valence-electron chi connectivity index (χ2n) is 5.17. The van der Waals surface area contributed by atoms with E-state index in [9.17, 15) is 0 Å². The minimum absolute atomic E-state index is 0.765. The molecule has 0 aliphatic carbocycles. The van der Waals surface area contributed by atoms with Gasteiger partial charge in [-0.05, 0) is 55.3 Å². The lowest BCUT2D eigenvalue weighted by Gasteiger charge is -2.13. The van der Waals surface area contributed by atoms with E-state index >= 15 is 0 Å². The summed E-state index contributed by atoms with van der Waals surface area (Å²) in [5, 5.41) is 5.50. The van der Waals surface area contributed by atoms with Crippen LogP contribution in [0.4, 0.5) is 17.1 Å². The average Bonchev–Trinajstić information content (AvgIpc) is 2.48. The monoisotopic (exact) mass is 341 g/mol. The van der Waals surface area contributed by atoms with Crippen LogP contribution in [0.2, 0.25) is 0 Å². The molecule has 0 amide bonds. The number of hydrogen-bond acceptors (Lipinski definition) is 3. The van der Waals surface area contributed by atoms with Crippen molar-refractivity contribution in [2.24, 2.45) is 0 Å². The Morgan fingerprint density at radius 2 is 1.76 bits per heavy atom. The fraction of sp³-hybridized carbons (Fsp3) is 0.118. The molecule has 3 nitrogen and oxygen atoms in total. The maximum absolute atomic E-state index is 6.02. The molecule has 106 valence electrons. The molecule has 1 aromatic heterocycles. The van der Waals surface area contributed by atoms with Gasteiger partial charge in [-0.25, -0.2) is 0 Å². The molecular formula is C17H16BrN3. The summed E-state index contributed by atoms with van der Waals surface area (Å²) in [4.78, 5) is 4.20. The summed E-state index contributed by atoms with van der Waals surface area (Å²) in [6, 6.07) is 10.1. The Hall–Kier alpha value is -2.07. The van der Waals surface area contributed by atoms with Gasteiger partial charge in [-0.15, -0.1) is 0 Å². The van der Waals surface area contributed by atoms with Crippen molar-refractivity contribution in [3.05, 3.63) is 58.3 Å². The van der Waals surface area contributed by atoms with Crippen LogP contribution < -0.4 is 11.1 Å². The van der Waals surface area contributed by atoms with Crippen LogP contribution in [0.25, 0.3) is 10.8 Å². The zero-order chi connectivity index (χ0) is 15.0. The predicted octanol–water partition coefficient (Wildman–Crippen LogP) is 4.94. The normalized spacial score (nSPS) is 10.8. The summed E-state index contributed by atoms with van der Waals surface area (Å²) in [7, 11) is 0. The molecule has 0 aliphatic heterocycles. The molecule has 3 N–H and O–H groups in total. The van der Waals surface area contributed by atoms with Crippen LogP contribution in [0.5, 0.6) is 0 Å². The summed E-state index contributed by atoms with van der Waals surface area (Å²) in [6.07, 6.45) is 3.60.